The summed E-state index contributed by atoms with van der Waals surface area (Å²) in [6, 6.07) is 9.38. The molecule has 3 fully saturated rings. The van der Waals surface area contributed by atoms with Gasteiger partial charge >= 0.3 is 5.97 Å². The normalized spacial score (nSPS) is 39.1. The quantitative estimate of drug-likeness (QED) is 0.218. The maximum absolute atomic E-state index is 13.7. The van der Waals surface area contributed by atoms with Crippen LogP contribution in [0.5, 0.6) is 0 Å². The van der Waals surface area contributed by atoms with Gasteiger partial charge in [-0.15, -0.1) is 0 Å². The van der Waals surface area contributed by atoms with Gasteiger partial charge in [-0.1, -0.05) is 44.2 Å². The van der Waals surface area contributed by atoms with Crippen molar-refractivity contribution in [1.82, 2.24) is 0 Å². The maximum atomic E-state index is 13.7. The fraction of sp³-hybridized carbons (Fsp3) is 0.667. The molecular weight excluding hydrogens is 560 g/mol. The van der Waals surface area contributed by atoms with Gasteiger partial charge in [-0.2, -0.15) is 0 Å². The molecule has 5 N–H and O–H groups in total. The maximum Gasteiger partial charge on any atom is 0.331 e. The third-order valence-corrected chi connectivity index (χ3v) is 12.0. The van der Waals surface area contributed by atoms with E-state index in [4.69, 9.17) is 4.74 Å². The average molecular weight is 611 g/mol. The zero-order valence-corrected chi connectivity index (χ0v) is 26.7. The number of hydrogen-bond acceptors (Lipinski definition) is 8. The number of esters is 1. The summed E-state index contributed by atoms with van der Waals surface area (Å²) >= 11 is 0. The van der Waals surface area contributed by atoms with E-state index in [0.29, 0.717) is 44.1 Å². The highest BCUT2D eigenvalue weighted by Gasteiger charge is 2.69. The van der Waals surface area contributed by atoms with Crippen molar-refractivity contribution in [2.24, 2.45) is 28.6 Å². The van der Waals surface area contributed by atoms with E-state index in [1.54, 1.807) is 32.9 Å². The smallest absolute Gasteiger partial charge is 0.331 e. The summed E-state index contributed by atoms with van der Waals surface area (Å²) in [4.78, 5) is 26.5. The molecule has 0 bridgehead atoms. The van der Waals surface area contributed by atoms with Gasteiger partial charge in [0.05, 0.1) is 29.0 Å². The lowest BCUT2D eigenvalue weighted by molar-refractivity contribution is -0.181. The van der Waals surface area contributed by atoms with Crippen molar-refractivity contribution in [2.45, 2.75) is 121 Å². The molecular formula is C36H50O8. The molecule has 0 radical (unpaired) electrons. The van der Waals surface area contributed by atoms with Crippen LogP contribution in [-0.4, -0.2) is 72.4 Å². The number of aliphatic hydroxyl groups excluding tert-OH is 2. The Labute approximate surface area is 260 Å². The standard InChI is InChI=1S/C36H50O8/c1-32(2,41)16-15-30(39)35(5,42)29-14-18-36(43)24-19-26(37)25-20-27(38)28(21-33(25,3)23(24)13-17-34(29,36)4)44-31(40)12-11-22-9-7-6-8-10-22/h6-12,19,23,25,27-30,38-39,41-43H,13-18,20-21H2,1-5H3/t23-,25+,27+,28-,29-,30+,33+,34+,35+,36+/m0/s1. The zero-order chi connectivity index (χ0) is 32.3. The minimum atomic E-state index is -1.51. The number of ether oxygens (including phenoxy) is 1. The first-order valence-corrected chi connectivity index (χ1v) is 16.2. The van der Waals surface area contributed by atoms with Crippen LogP contribution in [0.15, 0.2) is 48.1 Å². The van der Waals surface area contributed by atoms with Gasteiger partial charge in [0.1, 0.15) is 6.10 Å². The third kappa shape index (κ3) is 5.62. The van der Waals surface area contributed by atoms with E-state index in [2.05, 4.69) is 0 Å². The second kappa shape index (κ2) is 11.5. The molecule has 10 atom stereocenters. The van der Waals surface area contributed by atoms with E-state index < -0.39 is 63.8 Å². The van der Waals surface area contributed by atoms with Crippen LogP contribution in [0.25, 0.3) is 6.08 Å². The van der Waals surface area contributed by atoms with Crippen LogP contribution in [0, 0.1) is 28.6 Å². The summed E-state index contributed by atoms with van der Waals surface area (Å²) in [5, 5.41) is 56.5. The molecule has 8 nitrogen and oxygen atoms in total. The highest BCUT2D eigenvalue weighted by molar-refractivity contribution is 5.95. The number of allylic oxidation sites excluding steroid dienone is 1. The predicted octanol–water partition coefficient (Wildman–Crippen LogP) is 4.12. The summed E-state index contributed by atoms with van der Waals surface area (Å²) in [7, 11) is 0. The third-order valence-electron chi connectivity index (χ3n) is 12.0. The summed E-state index contributed by atoms with van der Waals surface area (Å²) in [5.41, 5.74) is -3.75. The Morgan fingerprint density at radius 2 is 1.77 bits per heavy atom. The van der Waals surface area contributed by atoms with Crippen LogP contribution in [0.1, 0.15) is 91.5 Å². The van der Waals surface area contributed by atoms with Gasteiger partial charge in [0, 0.05) is 17.4 Å². The van der Waals surface area contributed by atoms with Crippen molar-refractivity contribution in [1.29, 1.82) is 0 Å². The van der Waals surface area contributed by atoms with Gasteiger partial charge in [-0.25, -0.2) is 4.79 Å². The first-order chi connectivity index (χ1) is 20.4. The SMILES string of the molecule is CC(C)(O)CC[C@@H](O)[C@](C)(O)[C@H]1CC[C@@]2(O)C3=CC(=O)[C@H]4C[C@@H](O)[C@@H](OC(=O)C=Cc5ccccc5)C[C@]4(C)[C@H]3CC[C@]12C. The van der Waals surface area contributed by atoms with Crippen molar-refractivity contribution in [3.05, 3.63) is 53.6 Å². The number of benzene rings is 1. The number of carbonyl (C=O) groups is 2. The van der Waals surface area contributed by atoms with E-state index in [0.717, 1.165) is 5.56 Å². The van der Waals surface area contributed by atoms with E-state index in [1.807, 2.05) is 44.2 Å². The highest BCUT2D eigenvalue weighted by Crippen LogP contribution is 2.68. The Kier molecular flexibility index (Phi) is 8.60. The van der Waals surface area contributed by atoms with Crippen molar-refractivity contribution < 1.29 is 39.9 Å². The molecule has 4 aliphatic rings. The monoisotopic (exact) mass is 610 g/mol. The van der Waals surface area contributed by atoms with Gasteiger partial charge in [0.15, 0.2) is 5.78 Å². The van der Waals surface area contributed by atoms with Crippen LogP contribution in [0.2, 0.25) is 0 Å². The second-order valence-electron chi connectivity index (χ2n) is 15.3. The highest BCUT2D eigenvalue weighted by atomic mass is 16.6. The molecule has 0 saturated heterocycles. The molecule has 0 spiro atoms. The number of carbonyl (C=O) groups excluding carboxylic acids is 2. The molecule has 0 aromatic heterocycles. The van der Waals surface area contributed by atoms with E-state index >= 15 is 0 Å². The summed E-state index contributed by atoms with van der Waals surface area (Å²) in [6.45, 7) is 8.95. The van der Waals surface area contributed by atoms with Crippen molar-refractivity contribution in [2.75, 3.05) is 0 Å². The molecule has 0 aliphatic heterocycles. The molecule has 44 heavy (non-hydrogen) atoms. The van der Waals surface area contributed by atoms with Crippen LogP contribution in [0.3, 0.4) is 0 Å². The molecule has 0 heterocycles. The summed E-state index contributed by atoms with van der Waals surface area (Å²) < 4.78 is 5.77. The Morgan fingerprint density at radius 3 is 2.43 bits per heavy atom. The largest absolute Gasteiger partial charge is 0.456 e. The van der Waals surface area contributed by atoms with E-state index in [-0.39, 0.29) is 24.5 Å². The Hall–Kier alpha value is -2.36. The molecule has 0 unspecified atom stereocenters. The molecule has 5 rings (SSSR count). The molecule has 1 aromatic rings. The van der Waals surface area contributed by atoms with Crippen molar-refractivity contribution in [3.8, 4) is 0 Å². The topological polar surface area (TPSA) is 145 Å². The first kappa shape index (κ1) is 33.0. The summed E-state index contributed by atoms with van der Waals surface area (Å²) in [6.07, 6.45) is 4.82. The van der Waals surface area contributed by atoms with Crippen LogP contribution in [-0.2, 0) is 14.3 Å². The van der Waals surface area contributed by atoms with Crippen LogP contribution in [0.4, 0.5) is 0 Å². The van der Waals surface area contributed by atoms with Crippen LogP contribution >= 0.6 is 0 Å². The average Bonchev–Trinajstić information content (AvgIpc) is 3.24. The Balaban J connectivity index is 1.38. The van der Waals surface area contributed by atoms with Gasteiger partial charge in [0.2, 0.25) is 0 Å². The molecule has 0 amide bonds. The Bertz CT molecular complexity index is 1310. The lowest BCUT2D eigenvalue weighted by Crippen LogP contribution is -2.63. The molecule has 4 aliphatic carbocycles. The Morgan fingerprint density at radius 1 is 1.09 bits per heavy atom. The number of fused-ring (bicyclic) bond motifs is 5. The number of rotatable bonds is 8. The first-order valence-electron chi connectivity index (χ1n) is 16.2. The number of aliphatic hydroxyl groups is 5. The van der Waals surface area contributed by atoms with Gasteiger partial charge in [-0.3, -0.25) is 4.79 Å². The lowest BCUT2D eigenvalue weighted by Gasteiger charge is -2.60. The predicted molar refractivity (Wildman–Crippen MR) is 166 cm³/mol. The lowest BCUT2D eigenvalue weighted by atomic mass is 9.45. The zero-order valence-electron chi connectivity index (χ0n) is 26.7. The number of ketones is 1. The van der Waals surface area contributed by atoms with Crippen molar-refractivity contribution >= 4 is 17.8 Å². The second-order valence-corrected chi connectivity index (χ2v) is 15.3. The minimum Gasteiger partial charge on any atom is -0.456 e. The van der Waals surface area contributed by atoms with Crippen molar-refractivity contribution in [3.63, 3.8) is 0 Å². The van der Waals surface area contributed by atoms with Gasteiger partial charge in [0.25, 0.3) is 0 Å². The van der Waals surface area contributed by atoms with Gasteiger partial charge < -0.3 is 30.3 Å². The van der Waals surface area contributed by atoms with Crippen LogP contribution < -0.4 is 0 Å². The fourth-order valence-corrected chi connectivity index (χ4v) is 9.34. The summed E-state index contributed by atoms with van der Waals surface area (Å²) in [5.74, 6) is -1.75. The van der Waals surface area contributed by atoms with Gasteiger partial charge in [-0.05, 0) is 113 Å². The van der Waals surface area contributed by atoms with E-state index in [1.165, 1.54) is 6.08 Å². The molecule has 1 aromatic carbocycles. The molecule has 8 heteroatoms. The fourth-order valence-electron chi connectivity index (χ4n) is 9.34. The van der Waals surface area contributed by atoms with E-state index in [9.17, 15) is 35.1 Å². The number of hydrogen-bond donors (Lipinski definition) is 5. The molecule has 242 valence electrons. The molecule has 3 saturated carbocycles. The minimum absolute atomic E-state index is 0.135.